The number of aromatic nitrogens is 1. The van der Waals surface area contributed by atoms with Gasteiger partial charge in [0.05, 0.1) is 12.8 Å². The molecule has 4 heteroatoms. The van der Waals surface area contributed by atoms with Gasteiger partial charge in [0.2, 0.25) is 0 Å². The van der Waals surface area contributed by atoms with Crippen LogP contribution in [0, 0.1) is 13.8 Å². The minimum atomic E-state index is -0.0631. The lowest BCUT2D eigenvalue weighted by molar-refractivity contribution is 0.276. The van der Waals surface area contributed by atoms with E-state index in [2.05, 4.69) is 20.9 Å². The van der Waals surface area contributed by atoms with E-state index in [1.165, 1.54) is 0 Å². The first-order valence-electron chi connectivity index (χ1n) is 5.60. The maximum Gasteiger partial charge on any atom is 0.151 e. The van der Waals surface area contributed by atoms with Crippen LogP contribution in [0.15, 0.2) is 35.1 Å². The molecule has 18 heavy (non-hydrogen) atoms. The molecule has 1 heterocycles. The molecule has 2 aromatic rings. The summed E-state index contributed by atoms with van der Waals surface area (Å²) in [4.78, 5) is 4.01. The topological polar surface area (TPSA) is 42.4 Å². The van der Waals surface area contributed by atoms with Crippen LogP contribution in [0.4, 0.5) is 0 Å². The van der Waals surface area contributed by atoms with E-state index in [9.17, 15) is 5.11 Å². The van der Waals surface area contributed by atoms with Crippen molar-refractivity contribution in [2.24, 2.45) is 0 Å². The standard InChI is InChI=1S/C14H14BrNO2/c1-9-5-12(6-10(2)14(9)15)18-13-7-16-4-3-11(13)8-17/h3-7,17H,8H2,1-2H3. The second-order valence-electron chi connectivity index (χ2n) is 4.11. The summed E-state index contributed by atoms with van der Waals surface area (Å²) in [7, 11) is 0. The Morgan fingerprint density at radius 1 is 1.28 bits per heavy atom. The number of aliphatic hydroxyl groups excluding tert-OH is 1. The number of pyridine rings is 1. The van der Waals surface area contributed by atoms with Crippen molar-refractivity contribution in [1.29, 1.82) is 0 Å². The normalized spacial score (nSPS) is 10.4. The van der Waals surface area contributed by atoms with Gasteiger partial charge in [0, 0.05) is 16.2 Å². The summed E-state index contributed by atoms with van der Waals surface area (Å²) in [5, 5.41) is 9.23. The van der Waals surface area contributed by atoms with Crippen molar-refractivity contribution >= 4 is 15.9 Å². The molecule has 1 aromatic carbocycles. The highest BCUT2D eigenvalue weighted by Crippen LogP contribution is 2.30. The first kappa shape index (κ1) is 13.1. The van der Waals surface area contributed by atoms with Gasteiger partial charge in [-0.25, -0.2) is 0 Å². The zero-order valence-corrected chi connectivity index (χ0v) is 11.9. The van der Waals surface area contributed by atoms with E-state index in [1.807, 2.05) is 26.0 Å². The number of aliphatic hydroxyl groups is 1. The molecule has 1 aromatic heterocycles. The molecule has 0 saturated carbocycles. The quantitative estimate of drug-likeness (QED) is 0.939. The highest BCUT2D eigenvalue weighted by molar-refractivity contribution is 9.10. The number of rotatable bonds is 3. The van der Waals surface area contributed by atoms with Crippen molar-refractivity contribution in [2.45, 2.75) is 20.5 Å². The van der Waals surface area contributed by atoms with Crippen LogP contribution in [0.25, 0.3) is 0 Å². The lowest BCUT2D eigenvalue weighted by atomic mass is 10.1. The molecule has 3 nitrogen and oxygen atoms in total. The number of ether oxygens (including phenoxy) is 1. The molecule has 0 aliphatic carbocycles. The number of nitrogens with zero attached hydrogens (tertiary/aromatic N) is 1. The van der Waals surface area contributed by atoms with Crippen LogP contribution < -0.4 is 4.74 Å². The van der Waals surface area contributed by atoms with E-state index in [1.54, 1.807) is 18.5 Å². The van der Waals surface area contributed by atoms with Crippen LogP contribution in [0.2, 0.25) is 0 Å². The minimum Gasteiger partial charge on any atom is -0.455 e. The van der Waals surface area contributed by atoms with Crippen LogP contribution in [-0.4, -0.2) is 10.1 Å². The minimum absolute atomic E-state index is 0.0631. The Balaban J connectivity index is 2.34. The highest BCUT2D eigenvalue weighted by atomic mass is 79.9. The Morgan fingerprint density at radius 3 is 2.56 bits per heavy atom. The fraction of sp³-hybridized carbons (Fsp3) is 0.214. The Labute approximate surface area is 115 Å². The largest absolute Gasteiger partial charge is 0.455 e. The van der Waals surface area contributed by atoms with Crippen LogP contribution in [0.5, 0.6) is 11.5 Å². The summed E-state index contributed by atoms with van der Waals surface area (Å²) in [6, 6.07) is 5.64. The molecular formula is C14H14BrNO2. The van der Waals surface area contributed by atoms with E-state index in [0.29, 0.717) is 5.75 Å². The molecule has 0 amide bonds. The van der Waals surface area contributed by atoms with Crippen molar-refractivity contribution < 1.29 is 9.84 Å². The van der Waals surface area contributed by atoms with Gasteiger partial charge in [0.25, 0.3) is 0 Å². The summed E-state index contributed by atoms with van der Waals surface area (Å²) >= 11 is 3.52. The predicted molar refractivity (Wildman–Crippen MR) is 73.8 cm³/mol. The molecule has 0 saturated heterocycles. The number of halogens is 1. The second kappa shape index (κ2) is 5.50. The lowest BCUT2D eigenvalue weighted by Crippen LogP contribution is -1.94. The predicted octanol–water partition coefficient (Wildman–Crippen LogP) is 3.75. The first-order valence-corrected chi connectivity index (χ1v) is 6.39. The number of hydrogen-bond donors (Lipinski definition) is 1. The number of benzene rings is 1. The van der Waals surface area contributed by atoms with E-state index >= 15 is 0 Å². The molecule has 0 aliphatic rings. The van der Waals surface area contributed by atoms with Gasteiger partial charge in [-0.05, 0) is 43.2 Å². The maximum atomic E-state index is 9.23. The third-order valence-corrected chi connectivity index (χ3v) is 3.93. The second-order valence-corrected chi connectivity index (χ2v) is 4.91. The zero-order valence-electron chi connectivity index (χ0n) is 10.3. The monoisotopic (exact) mass is 307 g/mol. The highest BCUT2D eigenvalue weighted by Gasteiger charge is 2.07. The third kappa shape index (κ3) is 2.71. The average molecular weight is 308 g/mol. The van der Waals surface area contributed by atoms with Crippen LogP contribution >= 0.6 is 15.9 Å². The molecule has 0 spiro atoms. The molecule has 94 valence electrons. The van der Waals surface area contributed by atoms with Gasteiger partial charge in [0.15, 0.2) is 5.75 Å². The molecule has 1 N–H and O–H groups in total. The first-order chi connectivity index (χ1) is 8.61. The fourth-order valence-corrected chi connectivity index (χ4v) is 1.95. The lowest BCUT2D eigenvalue weighted by Gasteiger charge is -2.11. The number of aryl methyl sites for hydroxylation is 2. The summed E-state index contributed by atoms with van der Waals surface area (Å²) in [5.74, 6) is 1.33. The molecule has 0 aliphatic heterocycles. The maximum absolute atomic E-state index is 9.23. The van der Waals surface area contributed by atoms with Crippen LogP contribution in [0.3, 0.4) is 0 Å². The van der Waals surface area contributed by atoms with Gasteiger partial charge in [0.1, 0.15) is 5.75 Å². The zero-order chi connectivity index (χ0) is 13.1. The van der Waals surface area contributed by atoms with Crippen molar-refractivity contribution in [3.63, 3.8) is 0 Å². The van der Waals surface area contributed by atoms with Crippen molar-refractivity contribution in [2.75, 3.05) is 0 Å². The van der Waals surface area contributed by atoms with Gasteiger partial charge in [-0.3, -0.25) is 4.98 Å². The van der Waals surface area contributed by atoms with Crippen molar-refractivity contribution in [1.82, 2.24) is 4.98 Å². The van der Waals surface area contributed by atoms with Crippen LogP contribution in [0.1, 0.15) is 16.7 Å². The molecule has 0 fully saturated rings. The number of hydrogen-bond acceptors (Lipinski definition) is 3. The van der Waals surface area contributed by atoms with Crippen molar-refractivity contribution in [3.8, 4) is 11.5 Å². The summed E-state index contributed by atoms with van der Waals surface area (Å²) in [5.41, 5.74) is 2.95. The van der Waals surface area contributed by atoms with Crippen molar-refractivity contribution in [3.05, 3.63) is 51.8 Å². The summed E-state index contributed by atoms with van der Waals surface area (Å²) in [6.07, 6.45) is 3.24. The fourth-order valence-electron chi connectivity index (χ4n) is 1.72. The Hall–Kier alpha value is -1.39. The molecular weight excluding hydrogens is 294 g/mol. The van der Waals surface area contributed by atoms with Gasteiger partial charge >= 0.3 is 0 Å². The Morgan fingerprint density at radius 2 is 1.94 bits per heavy atom. The van der Waals surface area contributed by atoms with Gasteiger partial charge in [-0.15, -0.1) is 0 Å². The molecule has 0 unspecified atom stereocenters. The van der Waals surface area contributed by atoms with Gasteiger partial charge < -0.3 is 9.84 Å². The smallest absolute Gasteiger partial charge is 0.151 e. The molecule has 0 bridgehead atoms. The summed E-state index contributed by atoms with van der Waals surface area (Å²) < 4.78 is 6.86. The average Bonchev–Trinajstić information content (AvgIpc) is 2.36. The summed E-state index contributed by atoms with van der Waals surface area (Å²) in [6.45, 7) is 3.96. The van der Waals surface area contributed by atoms with E-state index in [-0.39, 0.29) is 6.61 Å². The van der Waals surface area contributed by atoms with Crippen LogP contribution in [-0.2, 0) is 6.61 Å². The Bertz CT molecular complexity index is 546. The Kier molecular flexibility index (Phi) is 3.99. The van der Waals surface area contributed by atoms with Gasteiger partial charge in [-0.2, -0.15) is 0 Å². The SMILES string of the molecule is Cc1cc(Oc2cnccc2CO)cc(C)c1Br. The van der Waals surface area contributed by atoms with E-state index in [0.717, 1.165) is 26.9 Å². The van der Waals surface area contributed by atoms with Gasteiger partial charge in [-0.1, -0.05) is 15.9 Å². The molecule has 2 rings (SSSR count). The van der Waals surface area contributed by atoms with E-state index < -0.39 is 0 Å². The molecule has 0 radical (unpaired) electrons. The van der Waals surface area contributed by atoms with E-state index in [4.69, 9.17) is 4.74 Å². The molecule has 0 atom stereocenters. The third-order valence-electron chi connectivity index (χ3n) is 2.68.